The molecular weight excluding hydrogens is 645 g/mol. The monoisotopic (exact) mass is 649 g/mol. The number of anilines is 1. The smallest absolute Gasteiger partial charge is 0.321 e. The molecule has 0 heterocycles. The van der Waals surface area contributed by atoms with Crippen LogP contribution < -0.4 is 5.32 Å². The molecule has 214 valence electrons. The fourth-order valence-corrected chi connectivity index (χ4v) is 2.17. The van der Waals surface area contributed by atoms with Gasteiger partial charge in [-0.15, -0.1) is 0 Å². The van der Waals surface area contributed by atoms with Crippen LogP contribution in [0.2, 0.25) is 0 Å². The Morgan fingerprint density at radius 1 is 0.622 bits per heavy atom. The summed E-state index contributed by atoms with van der Waals surface area (Å²) in [5.74, 6) is -26.2. The molecule has 0 aliphatic heterocycles. The summed E-state index contributed by atoms with van der Waals surface area (Å²) in [5.41, 5.74) is -0.945. The highest BCUT2D eigenvalue weighted by Gasteiger charge is 2.85. The van der Waals surface area contributed by atoms with E-state index < -0.39 is 60.0 Å². The van der Waals surface area contributed by atoms with E-state index in [1.54, 1.807) is 0 Å². The number of amides is 1. The third-order valence-corrected chi connectivity index (χ3v) is 4.29. The van der Waals surface area contributed by atoms with Gasteiger partial charge >= 0.3 is 48.4 Å². The molecule has 0 unspecified atom stereocenters. The van der Waals surface area contributed by atoms with Gasteiger partial charge < -0.3 is 5.32 Å². The fraction of sp³-hybridized carbons (Fsp3) is 0.533. The van der Waals surface area contributed by atoms with Crippen molar-refractivity contribution in [2.75, 3.05) is 5.32 Å². The lowest BCUT2D eigenvalue weighted by atomic mass is 10.2. The lowest BCUT2D eigenvalue weighted by Crippen LogP contribution is -2.68. The van der Waals surface area contributed by atoms with Crippen LogP contribution in [0.5, 0.6) is 0 Å². The average Bonchev–Trinajstić information content (AvgIpc) is 2.65. The van der Waals surface area contributed by atoms with Crippen LogP contribution in [0.4, 0.5) is 80.3 Å². The molecule has 0 aliphatic carbocycles. The zero-order valence-electron chi connectivity index (χ0n) is 16.3. The van der Waals surface area contributed by atoms with Crippen molar-refractivity contribution in [3.63, 3.8) is 0 Å². The molecule has 22 heteroatoms. The van der Waals surface area contributed by atoms with Gasteiger partial charge in [0.2, 0.25) is 0 Å². The van der Waals surface area contributed by atoms with Crippen molar-refractivity contribution in [1.82, 2.24) is 0 Å². The standard InChI is InChI=1S/C15H5BrF17NO3/c16-5-1-3-6(4-2-5)34-7(35)8(17,11(21,22)23)36-10(20,13(27,28)29)15(32,33)37-14(30,31)9(18,19)12(24,25)26/h1-4H,(H,34,35)/t8-,10+/m0/s1. The summed E-state index contributed by atoms with van der Waals surface area (Å²) >= 11 is 2.77. The molecular formula is C15H5BrF17NO3. The van der Waals surface area contributed by atoms with Crippen molar-refractivity contribution in [3.8, 4) is 0 Å². The molecule has 0 spiro atoms. The average molecular weight is 650 g/mol. The summed E-state index contributed by atoms with van der Waals surface area (Å²) in [7, 11) is 0. The van der Waals surface area contributed by atoms with Gasteiger partial charge in [0.25, 0.3) is 5.91 Å². The quantitative estimate of drug-likeness (QED) is 0.302. The highest BCUT2D eigenvalue weighted by Crippen LogP contribution is 2.56. The van der Waals surface area contributed by atoms with E-state index >= 15 is 0 Å². The summed E-state index contributed by atoms with van der Waals surface area (Å²) in [6.45, 7) is 0. The first kappa shape index (κ1) is 32.9. The van der Waals surface area contributed by atoms with Crippen molar-refractivity contribution in [2.24, 2.45) is 0 Å². The van der Waals surface area contributed by atoms with Gasteiger partial charge in [-0.3, -0.25) is 9.53 Å². The number of hydrogen-bond donors (Lipinski definition) is 1. The first-order valence-corrected chi connectivity index (χ1v) is 9.04. The Morgan fingerprint density at radius 2 is 1.05 bits per heavy atom. The molecule has 1 N–H and O–H groups in total. The number of carbonyl (C=O) groups is 1. The lowest BCUT2D eigenvalue weighted by Gasteiger charge is -2.40. The van der Waals surface area contributed by atoms with Crippen LogP contribution in [0.1, 0.15) is 0 Å². The largest absolute Gasteiger partial charge is 0.462 e. The molecule has 0 aliphatic rings. The van der Waals surface area contributed by atoms with Crippen molar-refractivity contribution in [2.45, 2.75) is 48.4 Å². The number of rotatable bonds is 8. The van der Waals surface area contributed by atoms with E-state index in [4.69, 9.17) is 0 Å². The maximum Gasteiger partial charge on any atom is 0.462 e. The van der Waals surface area contributed by atoms with Crippen molar-refractivity contribution < 1.29 is 88.9 Å². The Morgan fingerprint density at radius 3 is 1.41 bits per heavy atom. The molecule has 0 radical (unpaired) electrons. The first-order valence-electron chi connectivity index (χ1n) is 8.24. The summed E-state index contributed by atoms with van der Waals surface area (Å²) in [4.78, 5) is 11.7. The topological polar surface area (TPSA) is 47.6 Å². The Labute approximate surface area is 199 Å². The number of ether oxygens (including phenoxy) is 2. The second-order valence-corrected chi connectivity index (χ2v) is 7.37. The van der Waals surface area contributed by atoms with E-state index in [2.05, 4.69) is 15.9 Å². The molecule has 2 atom stereocenters. The van der Waals surface area contributed by atoms with Crippen LogP contribution in [0.25, 0.3) is 0 Å². The summed E-state index contributed by atoms with van der Waals surface area (Å²) in [6, 6.07) is 2.99. The zero-order chi connectivity index (χ0) is 29.7. The molecule has 0 fully saturated rings. The molecule has 1 aromatic carbocycles. The molecule has 0 aromatic heterocycles. The Bertz CT molecular complexity index is 974. The summed E-state index contributed by atoms with van der Waals surface area (Å²) < 4.78 is 226. The Kier molecular flexibility index (Phi) is 8.52. The van der Waals surface area contributed by atoms with Gasteiger partial charge in [0, 0.05) is 10.2 Å². The number of hydrogen-bond acceptors (Lipinski definition) is 3. The molecule has 0 bridgehead atoms. The van der Waals surface area contributed by atoms with E-state index in [1.165, 1.54) is 4.74 Å². The van der Waals surface area contributed by atoms with Gasteiger partial charge in [0.1, 0.15) is 0 Å². The molecule has 0 saturated heterocycles. The van der Waals surface area contributed by atoms with Gasteiger partial charge in [-0.1, -0.05) is 15.9 Å². The van der Waals surface area contributed by atoms with Crippen molar-refractivity contribution in [3.05, 3.63) is 28.7 Å². The minimum absolute atomic E-state index is 0.123. The van der Waals surface area contributed by atoms with Crippen molar-refractivity contribution in [1.29, 1.82) is 0 Å². The molecule has 4 nitrogen and oxygen atoms in total. The van der Waals surface area contributed by atoms with Gasteiger partial charge in [-0.2, -0.15) is 74.6 Å². The summed E-state index contributed by atoms with van der Waals surface area (Å²) in [6.07, 6.45) is -38.5. The van der Waals surface area contributed by atoms with E-state index in [0.717, 1.165) is 17.4 Å². The first-order chi connectivity index (χ1) is 16.1. The SMILES string of the molecule is O=C(Nc1ccc(Br)cc1)[C@](F)(O[C@](F)(C(F)(F)F)C(F)(F)OC(F)(F)C(F)(F)C(F)(F)F)C(F)(F)F. The molecule has 37 heavy (non-hydrogen) atoms. The number of halogens is 18. The van der Waals surface area contributed by atoms with Gasteiger partial charge in [-0.05, 0) is 24.3 Å². The van der Waals surface area contributed by atoms with Crippen LogP contribution in [0.15, 0.2) is 28.7 Å². The number of carbonyl (C=O) groups excluding carboxylic acids is 1. The Balaban J connectivity index is 3.63. The summed E-state index contributed by atoms with van der Waals surface area (Å²) in [5, 5.41) is 0.818. The van der Waals surface area contributed by atoms with Crippen molar-refractivity contribution >= 4 is 27.5 Å². The van der Waals surface area contributed by atoms with Gasteiger partial charge in [-0.25, -0.2) is 4.74 Å². The van der Waals surface area contributed by atoms with Crippen LogP contribution >= 0.6 is 15.9 Å². The second-order valence-electron chi connectivity index (χ2n) is 6.46. The highest BCUT2D eigenvalue weighted by atomic mass is 79.9. The predicted octanol–water partition coefficient (Wildman–Crippen LogP) is 7.26. The second kappa shape index (κ2) is 9.58. The third-order valence-electron chi connectivity index (χ3n) is 3.76. The van der Waals surface area contributed by atoms with Crippen LogP contribution in [-0.2, 0) is 14.3 Å². The van der Waals surface area contributed by atoms with Gasteiger partial charge in [0.15, 0.2) is 0 Å². The number of nitrogens with one attached hydrogen (secondary N) is 1. The highest BCUT2D eigenvalue weighted by molar-refractivity contribution is 9.10. The van der Waals surface area contributed by atoms with Crippen LogP contribution in [0.3, 0.4) is 0 Å². The molecule has 0 saturated carbocycles. The van der Waals surface area contributed by atoms with E-state index in [0.29, 0.717) is 12.1 Å². The maximum atomic E-state index is 14.5. The maximum absolute atomic E-state index is 14.5. The normalized spacial score (nSPS) is 17.7. The Hall–Kier alpha value is -2.10. The minimum Gasteiger partial charge on any atom is -0.321 e. The molecule has 1 aromatic rings. The van der Waals surface area contributed by atoms with Gasteiger partial charge in [0.05, 0.1) is 0 Å². The van der Waals surface area contributed by atoms with Crippen LogP contribution in [0, 0.1) is 0 Å². The third kappa shape index (κ3) is 6.15. The number of alkyl halides is 17. The fourth-order valence-electron chi connectivity index (χ4n) is 1.91. The van der Waals surface area contributed by atoms with E-state index in [9.17, 15) is 79.4 Å². The van der Waals surface area contributed by atoms with E-state index in [-0.39, 0.29) is 4.47 Å². The molecule has 1 amide bonds. The van der Waals surface area contributed by atoms with E-state index in [1.807, 2.05) is 4.74 Å². The van der Waals surface area contributed by atoms with Crippen LogP contribution in [-0.4, -0.2) is 54.3 Å². The number of benzene rings is 1. The minimum atomic E-state index is -8.01. The molecule has 1 rings (SSSR count). The predicted molar refractivity (Wildman–Crippen MR) is 85.6 cm³/mol. The lowest BCUT2D eigenvalue weighted by molar-refractivity contribution is -0.546. The zero-order valence-corrected chi connectivity index (χ0v) is 17.9.